The van der Waals surface area contributed by atoms with Gasteiger partial charge < -0.3 is 5.32 Å². The molecule has 3 aromatic carbocycles. The number of benzene rings is 3. The standard InChI is InChI=1S/C26H20N6OS2/c33-23-21-13-7-8-14-22(21)32-25(31(23)15-18-9-3-1-4-10-18)29-30-26(32)35-17-20-16-34-24(28-20)27-19-11-5-2-6-12-19/h1-14,16H,15,17H2,(H,27,28). The Kier molecular flexibility index (Phi) is 5.77. The maximum absolute atomic E-state index is 13.3. The summed E-state index contributed by atoms with van der Waals surface area (Å²) in [6.07, 6.45) is 0. The van der Waals surface area contributed by atoms with Crippen molar-refractivity contribution in [2.45, 2.75) is 17.5 Å². The Balaban J connectivity index is 1.33. The van der Waals surface area contributed by atoms with Gasteiger partial charge in [-0.1, -0.05) is 72.4 Å². The van der Waals surface area contributed by atoms with Crippen molar-refractivity contribution in [2.24, 2.45) is 0 Å². The van der Waals surface area contributed by atoms with Crippen molar-refractivity contribution in [3.8, 4) is 0 Å². The summed E-state index contributed by atoms with van der Waals surface area (Å²) in [6.45, 7) is 0.428. The molecule has 0 saturated carbocycles. The van der Waals surface area contributed by atoms with Gasteiger partial charge in [-0.25, -0.2) is 4.98 Å². The maximum Gasteiger partial charge on any atom is 0.263 e. The number of thioether (sulfide) groups is 1. The van der Waals surface area contributed by atoms with Gasteiger partial charge in [0.05, 0.1) is 23.1 Å². The lowest BCUT2D eigenvalue weighted by atomic mass is 10.2. The molecule has 6 aromatic rings. The lowest BCUT2D eigenvalue weighted by Crippen LogP contribution is -2.24. The van der Waals surface area contributed by atoms with Crippen LogP contribution in [0.4, 0.5) is 10.8 Å². The Hall–Kier alpha value is -3.95. The molecule has 0 amide bonds. The van der Waals surface area contributed by atoms with Crippen molar-refractivity contribution >= 4 is 50.6 Å². The molecular formula is C26H20N6OS2. The zero-order valence-electron chi connectivity index (χ0n) is 18.5. The van der Waals surface area contributed by atoms with Gasteiger partial charge >= 0.3 is 0 Å². The van der Waals surface area contributed by atoms with E-state index in [1.54, 1.807) is 27.7 Å². The first-order valence-electron chi connectivity index (χ1n) is 11.1. The molecule has 9 heteroatoms. The van der Waals surface area contributed by atoms with Crippen molar-refractivity contribution in [1.29, 1.82) is 0 Å². The molecule has 0 fully saturated rings. The van der Waals surface area contributed by atoms with Gasteiger partial charge in [-0.2, -0.15) is 0 Å². The van der Waals surface area contributed by atoms with E-state index in [0.717, 1.165) is 32.7 Å². The molecule has 6 rings (SSSR count). The van der Waals surface area contributed by atoms with Crippen molar-refractivity contribution in [3.05, 3.63) is 112 Å². The number of aromatic nitrogens is 5. The van der Waals surface area contributed by atoms with Crippen LogP contribution < -0.4 is 10.9 Å². The first-order valence-corrected chi connectivity index (χ1v) is 12.9. The minimum absolute atomic E-state index is 0.0722. The smallest absolute Gasteiger partial charge is 0.263 e. The van der Waals surface area contributed by atoms with E-state index in [1.165, 1.54) is 0 Å². The lowest BCUT2D eigenvalue weighted by molar-refractivity contribution is 0.764. The summed E-state index contributed by atoms with van der Waals surface area (Å²) >= 11 is 3.12. The second-order valence-corrected chi connectivity index (χ2v) is 9.74. The normalized spacial score (nSPS) is 11.3. The highest BCUT2D eigenvalue weighted by atomic mass is 32.2. The summed E-state index contributed by atoms with van der Waals surface area (Å²) in [5.74, 6) is 1.17. The zero-order valence-corrected chi connectivity index (χ0v) is 20.2. The molecule has 0 aliphatic carbocycles. The molecule has 0 saturated heterocycles. The second kappa shape index (κ2) is 9.36. The van der Waals surface area contributed by atoms with Crippen LogP contribution in [0.2, 0.25) is 0 Å². The zero-order chi connectivity index (χ0) is 23.6. The third-order valence-corrected chi connectivity index (χ3v) is 7.36. The van der Waals surface area contributed by atoms with Crippen LogP contribution in [-0.4, -0.2) is 24.1 Å². The first kappa shape index (κ1) is 21.6. The van der Waals surface area contributed by atoms with Gasteiger partial charge in [0.15, 0.2) is 10.3 Å². The average Bonchev–Trinajstić information content (AvgIpc) is 3.53. The molecule has 0 bridgehead atoms. The summed E-state index contributed by atoms with van der Waals surface area (Å²) in [7, 11) is 0. The molecule has 3 heterocycles. The molecule has 0 aliphatic heterocycles. The van der Waals surface area contributed by atoms with Crippen LogP contribution in [0.25, 0.3) is 16.7 Å². The third-order valence-electron chi connectivity index (χ3n) is 5.59. The van der Waals surface area contributed by atoms with E-state index < -0.39 is 0 Å². The van der Waals surface area contributed by atoms with Gasteiger partial charge in [0.1, 0.15) is 0 Å². The molecule has 172 valence electrons. The van der Waals surface area contributed by atoms with Gasteiger partial charge in [0.25, 0.3) is 5.56 Å². The highest BCUT2D eigenvalue weighted by molar-refractivity contribution is 7.98. The number of hydrogen-bond donors (Lipinski definition) is 1. The molecule has 0 aliphatic rings. The van der Waals surface area contributed by atoms with Gasteiger partial charge in [0.2, 0.25) is 5.78 Å². The predicted octanol–water partition coefficient (Wildman–Crippen LogP) is 5.58. The van der Waals surface area contributed by atoms with Crippen LogP contribution in [0, 0.1) is 0 Å². The molecule has 0 atom stereocenters. The lowest BCUT2D eigenvalue weighted by Gasteiger charge is -2.11. The van der Waals surface area contributed by atoms with E-state index in [-0.39, 0.29) is 5.56 Å². The fourth-order valence-corrected chi connectivity index (χ4v) is 5.62. The van der Waals surface area contributed by atoms with Gasteiger partial charge in [-0.15, -0.1) is 21.5 Å². The number of rotatable bonds is 7. The highest BCUT2D eigenvalue weighted by Gasteiger charge is 2.17. The summed E-state index contributed by atoms with van der Waals surface area (Å²) in [4.78, 5) is 18.1. The second-order valence-electron chi connectivity index (χ2n) is 7.94. The molecular weight excluding hydrogens is 476 g/mol. The van der Waals surface area contributed by atoms with Crippen LogP contribution in [-0.2, 0) is 12.3 Å². The van der Waals surface area contributed by atoms with E-state index in [1.807, 2.05) is 94.7 Å². The topological polar surface area (TPSA) is 77.1 Å². The predicted molar refractivity (Wildman–Crippen MR) is 142 cm³/mol. The summed E-state index contributed by atoms with van der Waals surface area (Å²) in [5.41, 5.74) is 3.72. The number of thiazole rings is 1. The van der Waals surface area contributed by atoms with Crippen LogP contribution in [0.15, 0.2) is 100 Å². The number of anilines is 2. The van der Waals surface area contributed by atoms with Crippen LogP contribution in [0.3, 0.4) is 0 Å². The molecule has 0 spiro atoms. The number of fused-ring (bicyclic) bond motifs is 3. The van der Waals surface area contributed by atoms with E-state index >= 15 is 0 Å². The first-order chi connectivity index (χ1) is 17.3. The monoisotopic (exact) mass is 496 g/mol. The Morgan fingerprint density at radius 1 is 0.886 bits per heavy atom. The molecule has 1 N–H and O–H groups in total. The summed E-state index contributed by atoms with van der Waals surface area (Å²) < 4.78 is 3.67. The third kappa shape index (κ3) is 4.31. The van der Waals surface area contributed by atoms with E-state index in [4.69, 9.17) is 4.98 Å². The number of nitrogens with zero attached hydrogens (tertiary/aromatic N) is 5. The number of para-hydroxylation sites is 2. The van der Waals surface area contributed by atoms with Crippen molar-refractivity contribution in [3.63, 3.8) is 0 Å². The Bertz CT molecular complexity index is 1670. The van der Waals surface area contributed by atoms with Crippen LogP contribution >= 0.6 is 23.1 Å². The Morgan fingerprint density at radius 2 is 1.63 bits per heavy atom. The SMILES string of the molecule is O=c1c2ccccc2n2c(SCc3csc(Nc4ccccc4)n3)nnc2n1Cc1ccccc1. The summed E-state index contributed by atoms with van der Waals surface area (Å²) in [5, 5.41) is 16.5. The van der Waals surface area contributed by atoms with Gasteiger partial charge in [-0.3, -0.25) is 13.8 Å². The minimum atomic E-state index is -0.0722. The average molecular weight is 497 g/mol. The van der Waals surface area contributed by atoms with Crippen molar-refractivity contribution in [2.75, 3.05) is 5.32 Å². The van der Waals surface area contributed by atoms with Crippen LogP contribution in [0.1, 0.15) is 11.3 Å². The van der Waals surface area contributed by atoms with Crippen LogP contribution in [0.5, 0.6) is 0 Å². The molecule has 0 unspecified atom stereocenters. The largest absolute Gasteiger partial charge is 0.332 e. The minimum Gasteiger partial charge on any atom is -0.332 e. The van der Waals surface area contributed by atoms with Gasteiger partial charge in [0, 0.05) is 16.8 Å². The van der Waals surface area contributed by atoms with E-state index in [2.05, 4.69) is 15.5 Å². The highest BCUT2D eigenvalue weighted by Crippen LogP contribution is 2.27. The van der Waals surface area contributed by atoms with E-state index in [9.17, 15) is 4.79 Å². The Labute approximate surface area is 209 Å². The molecule has 35 heavy (non-hydrogen) atoms. The van der Waals surface area contributed by atoms with Crippen molar-refractivity contribution < 1.29 is 0 Å². The molecule has 7 nitrogen and oxygen atoms in total. The fourth-order valence-electron chi connectivity index (χ4n) is 3.95. The van der Waals surface area contributed by atoms with E-state index in [0.29, 0.717) is 23.5 Å². The fraction of sp³-hybridized carbons (Fsp3) is 0.0769. The quantitative estimate of drug-likeness (QED) is 0.291. The molecule has 3 aromatic heterocycles. The summed E-state index contributed by atoms with van der Waals surface area (Å²) in [6, 6.07) is 27.5. The molecule has 0 radical (unpaired) electrons. The maximum atomic E-state index is 13.3. The Morgan fingerprint density at radius 3 is 2.46 bits per heavy atom. The number of nitrogens with one attached hydrogen (secondary N) is 1. The van der Waals surface area contributed by atoms with Gasteiger partial charge in [-0.05, 0) is 29.8 Å². The van der Waals surface area contributed by atoms with Crippen molar-refractivity contribution in [1.82, 2.24) is 24.1 Å². The number of hydrogen-bond acceptors (Lipinski definition) is 7.